The highest BCUT2D eigenvalue weighted by Gasteiger charge is 2.38. The van der Waals surface area contributed by atoms with Gasteiger partial charge < -0.3 is 0 Å². The largest absolute Gasteiger partial charge is 0.289 e. The van der Waals surface area contributed by atoms with Crippen LogP contribution in [0, 0.1) is 0 Å². The Morgan fingerprint density at radius 3 is 0.641 bits per heavy atom. The Labute approximate surface area is 386 Å². The van der Waals surface area contributed by atoms with Gasteiger partial charge in [0.1, 0.15) is 0 Å². The molecular formula is C62H72O2. The SMILES string of the molecule is CCCCCCc1ccc(-c2ccc(-c3ccc(CCCCCC)cc3)c3c2C(=O)c2c(-c4ccc(CCCCCC)cc4)ccc(-c4ccc(CCCCCC)cc4)c2C3=O)cc1. The Balaban J connectivity index is 1.36. The second-order valence-electron chi connectivity index (χ2n) is 18.5. The molecule has 0 N–H and O–H groups in total. The molecule has 1 aliphatic rings. The van der Waals surface area contributed by atoms with Crippen molar-refractivity contribution in [1.82, 2.24) is 0 Å². The Morgan fingerprint density at radius 1 is 0.250 bits per heavy atom. The van der Waals surface area contributed by atoms with Crippen molar-refractivity contribution in [2.24, 2.45) is 0 Å². The van der Waals surface area contributed by atoms with Gasteiger partial charge in [-0.1, -0.05) is 226 Å². The molecule has 0 bridgehead atoms. The summed E-state index contributed by atoms with van der Waals surface area (Å²) in [5.74, 6) is -0.156. The maximum atomic E-state index is 15.8. The predicted octanol–water partition coefficient (Wildman–Crippen LogP) is 17.6. The second kappa shape index (κ2) is 23.5. The third-order valence-electron chi connectivity index (χ3n) is 13.7. The van der Waals surface area contributed by atoms with E-state index in [1.165, 1.54) is 125 Å². The summed E-state index contributed by atoms with van der Waals surface area (Å²) in [6, 6.07) is 43.3. The fourth-order valence-corrected chi connectivity index (χ4v) is 9.79. The minimum absolute atomic E-state index is 0.0781. The van der Waals surface area contributed by atoms with Crippen LogP contribution in [-0.2, 0) is 25.7 Å². The predicted molar refractivity (Wildman–Crippen MR) is 273 cm³/mol. The molecule has 64 heavy (non-hydrogen) atoms. The summed E-state index contributed by atoms with van der Waals surface area (Å²) in [7, 11) is 0. The number of hydrogen-bond donors (Lipinski definition) is 0. The Bertz CT molecular complexity index is 2090. The molecule has 1 aliphatic carbocycles. The van der Waals surface area contributed by atoms with Gasteiger partial charge in [-0.2, -0.15) is 0 Å². The summed E-state index contributed by atoms with van der Waals surface area (Å²) in [6.07, 6.45) is 23.7. The number of carbonyl (C=O) groups excluding carboxylic acids is 2. The average molecular weight is 849 g/mol. The van der Waals surface area contributed by atoms with Crippen molar-refractivity contribution in [3.05, 3.63) is 166 Å². The Hall–Kier alpha value is -5.34. The van der Waals surface area contributed by atoms with Gasteiger partial charge in [-0.3, -0.25) is 9.59 Å². The van der Waals surface area contributed by atoms with Crippen LogP contribution in [0.2, 0.25) is 0 Å². The molecule has 0 spiro atoms. The fraction of sp³-hybridized carbons (Fsp3) is 0.387. The first-order valence-electron chi connectivity index (χ1n) is 25.3. The molecule has 0 unspecified atom stereocenters. The molecule has 0 radical (unpaired) electrons. The maximum Gasteiger partial charge on any atom is 0.195 e. The zero-order chi connectivity index (χ0) is 44.7. The van der Waals surface area contributed by atoms with E-state index in [1.54, 1.807) is 0 Å². The van der Waals surface area contributed by atoms with Crippen molar-refractivity contribution in [3.8, 4) is 44.5 Å². The van der Waals surface area contributed by atoms with E-state index in [0.717, 1.165) is 70.2 Å². The summed E-state index contributed by atoms with van der Waals surface area (Å²) in [5.41, 5.74) is 14.4. The highest BCUT2D eigenvalue weighted by molar-refractivity contribution is 6.35. The van der Waals surface area contributed by atoms with Crippen molar-refractivity contribution in [1.29, 1.82) is 0 Å². The number of unbranched alkanes of at least 4 members (excludes halogenated alkanes) is 12. The van der Waals surface area contributed by atoms with Crippen LogP contribution in [-0.4, -0.2) is 11.6 Å². The number of benzene rings is 6. The third-order valence-corrected chi connectivity index (χ3v) is 13.7. The lowest BCUT2D eigenvalue weighted by Gasteiger charge is -2.27. The molecule has 6 aromatic rings. The van der Waals surface area contributed by atoms with Crippen molar-refractivity contribution >= 4 is 11.6 Å². The Kier molecular flexibility index (Phi) is 17.2. The molecule has 0 atom stereocenters. The monoisotopic (exact) mass is 849 g/mol. The van der Waals surface area contributed by atoms with Crippen LogP contribution in [0.25, 0.3) is 44.5 Å². The lowest BCUT2D eigenvalue weighted by molar-refractivity contribution is 0.0981. The van der Waals surface area contributed by atoms with Crippen molar-refractivity contribution in [2.75, 3.05) is 0 Å². The molecule has 0 fully saturated rings. The topological polar surface area (TPSA) is 34.1 Å². The van der Waals surface area contributed by atoms with E-state index in [1.807, 2.05) is 0 Å². The lowest BCUT2D eigenvalue weighted by Crippen LogP contribution is -2.25. The van der Waals surface area contributed by atoms with Crippen LogP contribution in [0.1, 0.15) is 185 Å². The number of rotatable bonds is 24. The van der Waals surface area contributed by atoms with Gasteiger partial charge in [0.2, 0.25) is 0 Å². The zero-order valence-corrected chi connectivity index (χ0v) is 39.5. The lowest BCUT2D eigenvalue weighted by atomic mass is 9.73. The molecule has 2 heteroatoms. The van der Waals surface area contributed by atoms with Crippen LogP contribution in [0.3, 0.4) is 0 Å². The first-order chi connectivity index (χ1) is 31.4. The summed E-state index contributed by atoms with van der Waals surface area (Å²) in [4.78, 5) is 31.7. The maximum absolute atomic E-state index is 15.8. The normalized spacial score (nSPS) is 12.1. The van der Waals surface area contributed by atoms with Gasteiger partial charge in [-0.25, -0.2) is 0 Å². The molecule has 7 rings (SSSR count). The summed E-state index contributed by atoms with van der Waals surface area (Å²) >= 11 is 0. The van der Waals surface area contributed by atoms with Crippen molar-refractivity contribution in [3.63, 3.8) is 0 Å². The minimum Gasteiger partial charge on any atom is -0.289 e. The van der Waals surface area contributed by atoms with Crippen LogP contribution in [0.4, 0.5) is 0 Å². The number of carbonyl (C=O) groups is 2. The first-order valence-corrected chi connectivity index (χ1v) is 25.3. The van der Waals surface area contributed by atoms with Crippen molar-refractivity contribution in [2.45, 2.75) is 156 Å². The standard InChI is InChI=1S/C62H72O2/c1-5-9-13-17-21-45-25-33-49(34-26-45)53-41-42-54(50-35-27-46(28-36-50)22-18-14-10-6-2)58-57(53)61(63)59-55(51-37-29-47(30-38-51)23-19-15-11-7-3)43-44-56(60(59)62(58)64)52-39-31-48(32-40-52)24-20-16-12-8-4/h25-44H,5-24H2,1-4H3. The van der Waals surface area contributed by atoms with E-state index >= 15 is 9.59 Å². The van der Waals surface area contributed by atoms with Crippen molar-refractivity contribution < 1.29 is 9.59 Å². The van der Waals surface area contributed by atoms with Gasteiger partial charge in [-0.15, -0.1) is 0 Å². The third kappa shape index (κ3) is 11.3. The number of ketones is 2. The van der Waals surface area contributed by atoms with Crippen LogP contribution in [0.15, 0.2) is 121 Å². The molecule has 0 amide bonds. The first kappa shape index (κ1) is 46.6. The highest BCUT2D eigenvalue weighted by atomic mass is 16.1. The van der Waals surface area contributed by atoms with Gasteiger partial charge in [0.15, 0.2) is 11.6 Å². The van der Waals surface area contributed by atoms with E-state index in [-0.39, 0.29) is 11.6 Å². The summed E-state index contributed by atoms with van der Waals surface area (Å²) in [6.45, 7) is 9.00. The molecule has 332 valence electrons. The zero-order valence-electron chi connectivity index (χ0n) is 39.5. The van der Waals surface area contributed by atoms with E-state index in [2.05, 4.69) is 149 Å². The summed E-state index contributed by atoms with van der Waals surface area (Å²) in [5, 5.41) is 0. The number of fused-ring (bicyclic) bond motifs is 2. The van der Waals surface area contributed by atoms with E-state index < -0.39 is 0 Å². The Morgan fingerprint density at radius 2 is 0.453 bits per heavy atom. The van der Waals surface area contributed by atoms with Gasteiger partial charge in [0, 0.05) is 22.3 Å². The van der Waals surface area contributed by atoms with Gasteiger partial charge in [0.05, 0.1) is 0 Å². The smallest absolute Gasteiger partial charge is 0.195 e. The average Bonchev–Trinajstić information content (AvgIpc) is 3.34. The molecule has 0 aliphatic heterocycles. The second-order valence-corrected chi connectivity index (χ2v) is 18.5. The van der Waals surface area contributed by atoms with Gasteiger partial charge in [0.25, 0.3) is 0 Å². The fourth-order valence-electron chi connectivity index (χ4n) is 9.79. The molecule has 6 aromatic carbocycles. The van der Waals surface area contributed by atoms with Crippen LogP contribution >= 0.6 is 0 Å². The van der Waals surface area contributed by atoms with Crippen LogP contribution in [0.5, 0.6) is 0 Å². The molecule has 0 aromatic heterocycles. The van der Waals surface area contributed by atoms with E-state index in [4.69, 9.17) is 0 Å². The number of hydrogen-bond acceptors (Lipinski definition) is 2. The van der Waals surface area contributed by atoms with Gasteiger partial charge in [-0.05, 0) is 118 Å². The quantitative estimate of drug-likeness (QED) is 0.0568. The summed E-state index contributed by atoms with van der Waals surface area (Å²) < 4.78 is 0. The molecule has 0 saturated carbocycles. The molecule has 0 saturated heterocycles. The van der Waals surface area contributed by atoms with E-state index in [0.29, 0.717) is 22.3 Å². The van der Waals surface area contributed by atoms with Gasteiger partial charge >= 0.3 is 0 Å². The highest BCUT2D eigenvalue weighted by Crippen LogP contribution is 2.45. The molecule has 0 heterocycles. The number of aryl methyl sites for hydroxylation is 4. The molecule has 2 nitrogen and oxygen atoms in total. The van der Waals surface area contributed by atoms with Crippen LogP contribution < -0.4 is 0 Å². The minimum atomic E-state index is -0.0781. The molecular weight excluding hydrogens is 777 g/mol. The van der Waals surface area contributed by atoms with E-state index in [9.17, 15) is 0 Å².